The van der Waals surface area contributed by atoms with E-state index in [4.69, 9.17) is 4.74 Å². The summed E-state index contributed by atoms with van der Waals surface area (Å²) < 4.78 is 43.9. The predicted octanol–water partition coefficient (Wildman–Crippen LogP) is 4.92. The molecule has 4 atom stereocenters. The number of likely N-dealkylation sites (N-methyl/N-ethyl adjacent to an activating group) is 1. The van der Waals surface area contributed by atoms with Gasteiger partial charge in [0, 0.05) is 32.7 Å². The molecule has 1 heterocycles. The Kier molecular flexibility index (Phi) is 8.09. The highest BCUT2D eigenvalue weighted by atomic mass is 19.4. The summed E-state index contributed by atoms with van der Waals surface area (Å²) in [6.07, 6.45) is -2.98. The molecule has 0 aromatic heterocycles. The van der Waals surface area contributed by atoms with Crippen LogP contribution < -0.4 is 5.32 Å². The maximum atomic E-state index is 13.3. The molecule has 2 fully saturated rings. The van der Waals surface area contributed by atoms with Crippen molar-refractivity contribution in [3.63, 3.8) is 0 Å². The zero-order chi connectivity index (χ0) is 26.1. The van der Waals surface area contributed by atoms with Crippen molar-refractivity contribution in [3.05, 3.63) is 35.4 Å². The molecule has 1 aliphatic heterocycles. The van der Waals surface area contributed by atoms with Crippen LogP contribution >= 0.6 is 0 Å². The summed E-state index contributed by atoms with van der Waals surface area (Å²) >= 11 is 0. The number of carbonyl (C=O) groups is 2. The molecular weight excluding hydrogens is 459 g/mol. The van der Waals surface area contributed by atoms with Crippen LogP contribution in [0.3, 0.4) is 0 Å². The minimum Gasteiger partial charge on any atom is -0.444 e. The molecule has 35 heavy (non-hydrogen) atoms. The van der Waals surface area contributed by atoms with Crippen molar-refractivity contribution in [3.8, 4) is 0 Å². The molecule has 0 bridgehead atoms. The predicted molar refractivity (Wildman–Crippen MR) is 127 cm³/mol. The van der Waals surface area contributed by atoms with E-state index < -0.39 is 29.5 Å². The smallest absolute Gasteiger partial charge is 0.416 e. The molecule has 1 aliphatic carbocycles. The first-order valence-corrected chi connectivity index (χ1v) is 12.3. The number of carbonyl (C=O) groups excluding carboxylic acids is 2. The fourth-order valence-electron chi connectivity index (χ4n) is 5.36. The minimum absolute atomic E-state index is 0.0124. The van der Waals surface area contributed by atoms with Gasteiger partial charge in [-0.1, -0.05) is 26.0 Å². The van der Waals surface area contributed by atoms with Crippen LogP contribution in [0.1, 0.15) is 58.6 Å². The van der Waals surface area contributed by atoms with E-state index >= 15 is 0 Å². The van der Waals surface area contributed by atoms with E-state index in [0.29, 0.717) is 12.5 Å². The van der Waals surface area contributed by atoms with Crippen LogP contribution in [-0.4, -0.2) is 59.6 Å². The second-order valence-electron chi connectivity index (χ2n) is 11.3. The molecule has 1 N–H and O–H groups in total. The van der Waals surface area contributed by atoms with E-state index in [-0.39, 0.29) is 23.8 Å². The zero-order valence-corrected chi connectivity index (χ0v) is 21.5. The van der Waals surface area contributed by atoms with Crippen LogP contribution in [0.15, 0.2) is 24.3 Å². The van der Waals surface area contributed by atoms with Crippen molar-refractivity contribution < 1.29 is 27.5 Å². The first kappa shape index (κ1) is 27.3. The van der Waals surface area contributed by atoms with Gasteiger partial charge >= 0.3 is 12.3 Å². The Morgan fingerprint density at radius 1 is 1.11 bits per heavy atom. The highest BCUT2D eigenvalue weighted by molar-refractivity contribution is 5.86. The lowest BCUT2D eigenvalue weighted by molar-refractivity contribution is -0.137. The number of ether oxygens (including phenoxy) is 1. The molecule has 6 nitrogen and oxygen atoms in total. The van der Waals surface area contributed by atoms with E-state index in [0.717, 1.165) is 43.6 Å². The molecule has 1 aromatic rings. The maximum Gasteiger partial charge on any atom is 0.416 e. The Hall–Kier alpha value is -2.29. The van der Waals surface area contributed by atoms with Crippen molar-refractivity contribution >= 4 is 12.0 Å². The number of amides is 2. The molecule has 2 amide bonds. The number of halogens is 3. The van der Waals surface area contributed by atoms with Gasteiger partial charge in [0.1, 0.15) is 11.6 Å². The fourth-order valence-corrected chi connectivity index (χ4v) is 5.36. The van der Waals surface area contributed by atoms with Crippen LogP contribution in [0, 0.1) is 17.8 Å². The van der Waals surface area contributed by atoms with E-state index in [9.17, 15) is 22.8 Å². The Morgan fingerprint density at radius 3 is 2.29 bits per heavy atom. The second-order valence-corrected chi connectivity index (χ2v) is 11.3. The number of nitrogens with zero attached hydrogens (tertiary/aromatic N) is 2. The quantitative estimate of drug-likeness (QED) is 0.606. The SMILES string of the molecule is CC(C)C(C(=O)N[C@@H]1CC[C@H]2CN(Cc3ccc(C(F)(F)F)cc3)C[C@H]21)N(C)C(=O)OC(C)(C)C. The van der Waals surface area contributed by atoms with Gasteiger partial charge in [-0.25, -0.2) is 4.79 Å². The molecule has 1 saturated heterocycles. The summed E-state index contributed by atoms with van der Waals surface area (Å²) in [5.41, 5.74) is -0.446. The van der Waals surface area contributed by atoms with Crippen LogP contribution in [0.2, 0.25) is 0 Å². The first-order chi connectivity index (χ1) is 16.2. The topological polar surface area (TPSA) is 61.9 Å². The van der Waals surface area contributed by atoms with Crippen molar-refractivity contribution in [2.24, 2.45) is 17.8 Å². The van der Waals surface area contributed by atoms with Gasteiger partial charge in [-0.3, -0.25) is 14.6 Å². The molecular formula is C26H38F3N3O3. The zero-order valence-electron chi connectivity index (χ0n) is 21.5. The average Bonchev–Trinajstić information content (AvgIpc) is 3.27. The summed E-state index contributed by atoms with van der Waals surface area (Å²) in [5, 5.41) is 3.20. The number of benzene rings is 1. The Morgan fingerprint density at radius 2 is 1.74 bits per heavy atom. The average molecular weight is 498 g/mol. The number of hydrogen-bond acceptors (Lipinski definition) is 4. The molecule has 196 valence electrons. The second kappa shape index (κ2) is 10.4. The summed E-state index contributed by atoms with van der Waals surface area (Å²) in [5.74, 6) is 0.452. The van der Waals surface area contributed by atoms with Crippen molar-refractivity contribution in [2.75, 3.05) is 20.1 Å². The van der Waals surface area contributed by atoms with Crippen molar-refractivity contribution in [1.29, 1.82) is 0 Å². The highest BCUT2D eigenvalue weighted by Gasteiger charge is 2.44. The maximum absolute atomic E-state index is 13.3. The number of rotatable bonds is 6. The highest BCUT2D eigenvalue weighted by Crippen LogP contribution is 2.39. The third-order valence-corrected chi connectivity index (χ3v) is 6.95. The van der Waals surface area contributed by atoms with E-state index in [1.54, 1.807) is 27.8 Å². The largest absolute Gasteiger partial charge is 0.444 e. The summed E-state index contributed by atoms with van der Waals surface area (Å²) in [7, 11) is 1.59. The van der Waals surface area contributed by atoms with Crippen LogP contribution in [0.25, 0.3) is 0 Å². The van der Waals surface area contributed by atoms with Gasteiger partial charge in [-0.15, -0.1) is 0 Å². The summed E-state index contributed by atoms with van der Waals surface area (Å²) in [4.78, 5) is 29.5. The van der Waals surface area contributed by atoms with Gasteiger partial charge in [-0.2, -0.15) is 13.2 Å². The number of likely N-dealkylation sites (tertiary alicyclic amines) is 1. The van der Waals surface area contributed by atoms with Gasteiger partial charge in [0.05, 0.1) is 5.56 Å². The lowest BCUT2D eigenvalue weighted by Gasteiger charge is -2.33. The standard InChI is InChI=1S/C26H38F3N3O3/c1-16(2)22(31(6)24(34)35-25(3,4)5)23(33)30-21-12-9-18-14-32(15-20(18)21)13-17-7-10-19(11-8-17)26(27,28)29/h7-8,10-11,16,18,20-22H,9,12-15H2,1-6H3,(H,30,33)/t18-,20+,21+,22?/m0/s1. The fraction of sp³-hybridized carbons (Fsp3) is 0.692. The monoisotopic (exact) mass is 497 g/mol. The van der Waals surface area contributed by atoms with Crippen LogP contribution in [-0.2, 0) is 22.3 Å². The number of alkyl halides is 3. The molecule has 1 saturated carbocycles. The molecule has 0 radical (unpaired) electrons. The molecule has 1 unspecified atom stereocenters. The Bertz CT molecular complexity index is 896. The van der Waals surface area contributed by atoms with Crippen molar-refractivity contribution in [1.82, 2.24) is 15.1 Å². The molecule has 2 aliphatic rings. The van der Waals surface area contributed by atoms with Gasteiger partial charge in [0.2, 0.25) is 5.91 Å². The summed E-state index contributed by atoms with van der Waals surface area (Å²) in [6.45, 7) is 11.4. The van der Waals surface area contributed by atoms with E-state index in [1.165, 1.54) is 17.0 Å². The molecule has 3 rings (SSSR count). The number of nitrogens with one attached hydrogen (secondary N) is 1. The lowest BCUT2D eigenvalue weighted by Crippen LogP contribution is -2.54. The summed E-state index contributed by atoms with van der Waals surface area (Å²) in [6, 6.07) is 4.70. The van der Waals surface area contributed by atoms with E-state index in [1.807, 2.05) is 13.8 Å². The van der Waals surface area contributed by atoms with Crippen molar-refractivity contribution in [2.45, 2.75) is 77.9 Å². The van der Waals surface area contributed by atoms with Gasteiger partial charge in [0.25, 0.3) is 0 Å². The third kappa shape index (κ3) is 6.90. The normalized spacial score (nSPS) is 23.8. The Labute approximate surface area is 206 Å². The van der Waals surface area contributed by atoms with Gasteiger partial charge in [0.15, 0.2) is 0 Å². The minimum atomic E-state index is -4.33. The number of fused-ring (bicyclic) bond motifs is 1. The first-order valence-electron chi connectivity index (χ1n) is 12.3. The van der Waals surface area contributed by atoms with Gasteiger partial charge in [-0.05, 0) is 69.1 Å². The molecule has 0 spiro atoms. The van der Waals surface area contributed by atoms with E-state index in [2.05, 4.69) is 10.2 Å². The molecule has 9 heteroatoms. The molecule has 1 aromatic carbocycles. The lowest BCUT2D eigenvalue weighted by atomic mass is 9.96. The van der Waals surface area contributed by atoms with Gasteiger partial charge < -0.3 is 10.1 Å². The number of hydrogen-bond donors (Lipinski definition) is 1. The van der Waals surface area contributed by atoms with Crippen LogP contribution in [0.4, 0.5) is 18.0 Å². The Balaban J connectivity index is 1.59. The van der Waals surface area contributed by atoms with Crippen LogP contribution in [0.5, 0.6) is 0 Å². The third-order valence-electron chi connectivity index (χ3n) is 6.95.